The molecular formula is C84H85N3O9. The van der Waals surface area contributed by atoms with Gasteiger partial charge in [-0.2, -0.15) is 0 Å². The first-order chi connectivity index (χ1) is 46.3. The van der Waals surface area contributed by atoms with Gasteiger partial charge < -0.3 is 43.1 Å². The van der Waals surface area contributed by atoms with Crippen LogP contribution in [0.25, 0.3) is 11.1 Å². The number of aryl methyl sites for hydroxylation is 4. The fourth-order valence-electron chi connectivity index (χ4n) is 9.76. The maximum atomic E-state index is 11.7. The van der Waals surface area contributed by atoms with Crippen molar-refractivity contribution in [1.82, 2.24) is 0 Å². The standard InChI is InChI=1S/C31H29NO3.C27H29NO3.C26H27NO3/c1-23(2)31(33)35-24(3)22-34-30-20-18-29(19-21-30)32(27-12-8-5-9-13-27)28-16-14-26(15-17-28)25-10-6-4-7-11-25;1-19(2)27(29)31-22(5)18-30-26-16-14-25(15-17-26)28(23-10-6-20(3)7-11-23)24-12-8-21(4)9-13-24;1-5-26(28)30-21(4)18-29-25-16-14-24(15-17-25)27(22-10-6-19(2)7-11-22)23-12-8-20(3)9-13-23/h4-21,24H,1,22H2,2-3H3;6-17,22H,1,18H2,2-5H3;5-17,21H,1,18H2,2-4H3. The smallest absolute Gasteiger partial charge is 0.333 e. The highest BCUT2D eigenvalue weighted by atomic mass is 16.6. The lowest BCUT2D eigenvalue weighted by Crippen LogP contribution is -2.22. The Balaban J connectivity index is 0.000000185. The molecule has 0 radical (unpaired) electrons. The molecule has 0 amide bonds. The summed E-state index contributed by atoms with van der Waals surface area (Å²) in [6.07, 6.45) is 0.0610. The van der Waals surface area contributed by atoms with Crippen LogP contribution in [0.15, 0.2) is 292 Å². The fourth-order valence-corrected chi connectivity index (χ4v) is 9.76. The molecule has 0 aliphatic heterocycles. The molecule has 0 bridgehead atoms. The Hall–Kier alpha value is -11.4. The predicted octanol–water partition coefficient (Wildman–Crippen LogP) is 20.6. The molecule has 0 aliphatic carbocycles. The lowest BCUT2D eigenvalue weighted by Gasteiger charge is -2.26. The van der Waals surface area contributed by atoms with Crippen LogP contribution in [0.4, 0.5) is 51.2 Å². The first kappa shape index (κ1) is 70.5. The van der Waals surface area contributed by atoms with E-state index in [0.717, 1.165) is 63.0 Å². The van der Waals surface area contributed by atoms with Gasteiger partial charge in [-0.15, -0.1) is 0 Å². The lowest BCUT2D eigenvalue weighted by molar-refractivity contribution is -0.145. The summed E-state index contributed by atoms with van der Waals surface area (Å²) in [5, 5.41) is 0. The number of para-hydroxylation sites is 1. The number of hydrogen-bond acceptors (Lipinski definition) is 12. The third kappa shape index (κ3) is 21.1. The largest absolute Gasteiger partial charge is 0.490 e. The molecule has 0 saturated heterocycles. The zero-order chi connectivity index (χ0) is 68.5. The number of anilines is 9. The Kier molecular flexibility index (Phi) is 25.7. The zero-order valence-electron chi connectivity index (χ0n) is 56.3. The molecule has 3 unspecified atom stereocenters. The predicted molar refractivity (Wildman–Crippen MR) is 391 cm³/mol. The maximum absolute atomic E-state index is 11.7. The molecule has 12 nitrogen and oxygen atoms in total. The monoisotopic (exact) mass is 1280 g/mol. The van der Waals surface area contributed by atoms with Crippen LogP contribution in [0.3, 0.4) is 0 Å². The van der Waals surface area contributed by atoms with Crippen LogP contribution in [0.2, 0.25) is 0 Å². The van der Waals surface area contributed by atoms with Gasteiger partial charge in [-0.3, -0.25) is 0 Å². The molecule has 0 heterocycles. The van der Waals surface area contributed by atoms with E-state index in [0.29, 0.717) is 22.6 Å². The van der Waals surface area contributed by atoms with Crippen LogP contribution in [0.5, 0.6) is 17.2 Å². The molecule has 10 aromatic carbocycles. The molecule has 0 N–H and O–H groups in total. The highest BCUT2D eigenvalue weighted by molar-refractivity contribution is 5.88. The Bertz CT molecular complexity index is 4010. The van der Waals surface area contributed by atoms with Crippen molar-refractivity contribution in [1.29, 1.82) is 0 Å². The van der Waals surface area contributed by atoms with Gasteiger partial charge in [0.25, 0.3) is 0 Å². The normalized spacial score (nSPS) is 11.4. The number of carbonyl (C=O) groups excluding carboxylic acids is 3. The number of rotatable bonds is 25. The first-order valence-electron chi connectivity index (χ1n) is 31.9. The maximum Gasteiger partial charge on any atom is 0.333 e. The summed E-state index contributed by atoms with van der Waals surface area (Å²) in [6.45, 7) is 28.4. The second-order valence-corrected chi connectivity index (χ2v) is 23.5. The fraction of sp³-hybridized carbons (Fsp3) is 0.179. The van der Waals surface area contributed by atoms with E-state index in [9.17, 15) is 14.4 Å². The highest BCUT2D eigenvalue weighted by Gasteiger charge is 2.18. The molecule has 0 saturated carbocycles. The quantitative estimate of drug-likeness (QED) is 0.0308. The average molecular weight is 1280 g/mol. The van der Waals surface area contributed by atoms with Crippen LogP contribution in [0.1, 0.15) is 56.9 Å². The third-order valence-electron chi connectivity index (χ3n) is 15.0. The van der Waals surface area contributed by atoms with E-state index in [4.69, 9.17) is 28.4 Å². The molecule has 0 aromatic heterocycles. The minimum Gasteiger partial charge on any atom is -0.490 e. The molecule has 0 fully saturated rings. The van der Waals surface area contributed by atoms with E-state index in [1.165, 1.54) is 33.4 Å². The molecule has 0 spiro atoms. The van der Waals surface area contributed by atoms with Crippen molar-refractivity contribution in [3.05, 3.63) is 314 Å². The molecule has 10 rings (SSSR count). The molecule has 0 aliphatic rings. The molecule has 10 aromatic rings. The van der Waals surface area contributed by atoms with Crippen LogP contribution in [0, 0.1) is 27.7 Å². The van der Waals surface area contributed by atoms with Gasteiger partial charge in [-0.1, -0.05) is 151 Å². The topological polar surface area (TPSA) is 116 Å². The van der Waals surface area contributed by atoms with E-state index in [1.807, 2.05) is 109 Å². The van der Waals surface area contributed by atoms with Gasteiger partial charge in [0.05, 0.1) is 0 Å². The van der Waals surface area contributed by atoms with E-state index in [2.05, 4.69) is 208 Å². The molecule has 3 atom stereocenters. The Morgan fingerprint density at radius 1 is 0.333 bits per heavy atom. The van der Waals surface area contributed by atoms with Crippen molar-refractivity contribution in [2.75, 3.05) is 34.5 Å². The van der Waals surface area contributed by atoms with E-state index < -0.39 is 17.9 Å². The van der Waals surface area contributed by atoms with Crippen molar-refractivity contribution >= 4 is 69.1 Å². The lowest BCUT2D eigenvalue weighted by atomic mass is 10.0. The van der Waals surface area contributed by atoms with E-state index >= 15 is 0 Å². The van der Waals surface area contributed by atoms with Crippen LogP contribution >= 0.6 is 0 Å². The van der Waals surface area contributed by atoms with E-state index in [1.54, 1.807) is 34.6 Å². The average Bonchev–Trinajstić information content (AvgIpc) is 0.868. The van der Waals surface area contributed by atoms with Gasteiger partial charge in [0.2, 0.25) is 0 Å². The van der Waals surface area contributed by atoms with Crippen LogP contribution < -0.4 is 28.9 Å². The van der Waals surface area contributed by atoms with E-state index in [-0.39, 0.29) is 38.1 Å². The second kappa shape index (κ2) is 35.1. The van der Waals surface area contributed by atoms with Crippen molar-refractivity contribution in [3.63, 3.8) is 0 Å². The Morgan fingerprint density at radius 2 is 0.562 bits per heavy atom. The van der Waals surface area contributed by atoms with Gasteiger partial charge in [0.15, 0.2) is 0 Å². The van der Waals surface area contributed by atoms with Crippen LogP contribution in [-0.4, -0.2) is 56.0 Å². The molecule has 490 valence electrons. The summed E-state index contributed by atoms with van der Waals surface area (Å²) in [4.78, 5) is 41.2. The van der Waals surface area contributed by atoms with Crippen LogP contribution in [-0.2, 0) is 28.6 Å². The van der Waals surface area contributed by atoms with Gasteiger partial charge >= 0.3 is 17.9 Å². The Morgan fingerprint density at radius 3 is 0.833 bits per heavy atom. The SMILES string of the molecule is C=C(C)C(=O)OC(C)COc1ccc(N(c2ccc(C)cc2)c2ccc(C)cc2)cc1.C=C(C)C(=O)OC(C)COc1ccc(N(c2ccccc2)c2ccc(-c3ccccc3)cc2)cc1.C=CC(=O)OC(C)COc1ccc(N(c2ccc(C)cc2)c2ccc(C)cc2)cc1. The summed E-state index contributed by atoms with van der Waals surface area (Å²) in [5.74, 6) is 0.877. The minimum absolute atomic E-state index is 0.266. The molecule has 96 heavy (non-hydrogen) atoms. The van der Waals surface area contributed by atoms with Crippen molar-refractivity contribution < 1.29 is 42.8 Å². The summed E-state index contributed by atoms with van der Waals surface area (Å²) < 4.78 is 33.1. The highest BCUT2D eigenvalue weighted by Crippen LogP contribution is 2.39. The number of ether oxygens (including phenoxy) is 6. The second-order valence-electron chi connectivity index (χ2n) is 23.5. The summed E-state index contributed by atoms with van der Waals surface area (Å²) in [5.41, 5.74) is 17.5. The summed E-state index contributed by atoms with van der Waals surface area (Å²) in [6, 6.07) is 86.8. The van der Waals surface area contributed by atoms with Crippen molar-refractivity contribution in [2.45, 2.75) is 80.6 Å². The zero-order valence-corrected chi connectivity index (χ0v) is 56.3. The number of nitrogens with zero attached hydrogens (tertiary/aromatic N) is 3. The van der Waals surface area contributed by atoms with Crippen molar-refractivity contribution in [2.24, 2.45) is 0 Å². The summed E-state index contributed by atoms with van der Waals surface area (Å²) in [7, 11) is 0. The van der Waals surface area contributed by atoms with Gasteiger partial charge in [-0.05, 0) is 219 Å². The molecule has 12 heteroatoms. The number of carbonyl (C=O) groups is 3. The summed E-state index contributed by atoms with van der Waals surface area (Å²) >= 11 is 0. The molecular weight excluding hydrogens is 1190 g/mol. The van der Waals surface area contributed by atoms with Gasteiger partial charge in [0, 0.05) is 68.4 Å². The Labute approximate surface area is 566 Å². The number of hydrogen-bond donors (Lipinski definition) is 0. The van der Waals surface area contributed by atoms with Gasteiger partial charge in [-0.25, -0.2) is 14.4 Å². The third-order valence-corrected chi connectivity index (χ3v) is 15.0. The number of benzene rings is 10. The number of esters is 3. The minimum atomic E-state index is -0.451. The van der Waals surface area contributed by atoms with Gasteiger partial charge in [0.1, 0.15) is 55.4 Å². The van der Waals surface area contributed by atoms with Crippen molar-refractivity contribution in [3.8, 4) is 28.4 Å². The first-order valence-corrected chi connectivity index (χ1v) is 31.9.